The van der Waals surface area contributed by atoms with Gasteiger partial charge in [0.15, 0.2) is 0 Å². The minimum atomic E-state index is -0.383. The molecule has 0 spiro atoms. The molecule has 1 aromatic heterocycles. The number of ether oxygens (including phenoxy) is 1. The summed E-state index contributed by atoms with van der Waals surface area (Å²) >= 11 is 0. The third kappa shape index (κ3) is 5.16. The first-order valence-corrected chi connectivity index (χ1v) is 13.4. The number of hydrogen-bond acceptors (Lipinski definition) is 7. The lowest BCUT2D eigenvalue weighted by Crippen LogP contribution is -2.47. The van der Waals surface area contributed by atoms with Gasteiger partial charge >= 0.3 is 6.09 Å². The van der Waals surface area contributed by atoms with Gasteiger partial charge in [-0.1, -0.05) is 12.1 Å². The van der Waals surface area contributed by atoms with Crippen LogP contribution >= 0.6 is 0 Å². The van der Waals surface area contributed by atoms with Crippen LogP contribution in [0.25, 0.3) is 0 Å². The van der Waals surface area contributed by atoms with E-state index in [0.29, 0.717) is 30.3 Å². The van der Waals surface area contributed by atoms with Crippen LogP contribution in [0.4, 0.5) is 21.0 Å². The average molecular weight is 511 g/mol. The summed E-state index contributed by atoms with van der Waals surface area (Å²) in [6, 6.07) is 7.64. The van der Waals surface area contributed by atoms with Gasteiger partial charge in [-0.05, 0) is 84.2 Å². The Labute approximate surface area is 219 Å². The fourth-order valence-electron chi connectivity index (χ4n) is 5.86. The summed E-state index contributed by atoms with van der Waals surface area (Å²) in [5, 5.41) is 3.28. The van der Waals surface area contributed by atoms with Crippen molar-refractivity contribution >= 4 is 17.9 Å². The Hall–Kier alpha value is -2.78. The van der Waals surface area contributed by atoms with Gasteiger partial charge in [0.05, 0.1) is 11.6 Å². The van der Waals surface area contributed by atoms with Gasteiger partial charge in [0.25, 0.3) is 0 Å². The maximum Gasteiger partial charge on any atom is 0.416 e. The number of benzene rings is 1. The summed E-state index contributed by atoms with van der Waals surface area (Å²) in [5.41, 5.74) is 1.16. The molecule has 9 heteroatoms. The number of piperidine rings is 1. The summed E-state index contributed by atoms with van der Waals surface area (Å²) < 4.78 is 20.7. The van der Waals surface area contributed by atoms with Gasteiger partial charge in [0.1, 0.15) is 18.2 Å². The van der Waals surface area contributed by atoms with Crippen molar-refractivity contribution in [3.05, 3.63) is 47.4 Å². The molecule has 1 N–H and O–H groups in total. The molecule has 3 heterocycles. The molecule has 8 nitrogen and oxygen atoms in total. The maximum atomic E-state index is 15.3. The van der Waals surface area contributed by atoms with Crippen LogP contribution in [0.15, 0.2) is 30.5 Å². The molecule has 37 heavy (non-hydrogen) atoms. The molecule has 1 amide bonds. The second kappa shape index (κ2) is 10.2. The first kappa shape index (κ1) is 25.9. The molecule has 1 unspecified atom stereocenters. The number of amides is 1. The van der Waals surface area contributed by atoms with Crippen molar-refractivity contribution < 1.29 is 13.9 Å². The number of carbonyl (C=O) groups excluding carboxylic acids is 1. The van der Waals surface area contributed by atoms with E-state index >= 15 is 4.39 Å². The fraction of sp³-hybridized carbons (Fsp3) is 0.607. The predicted molar refractivity (Wildman–Crippen MR) is 142 cm³/mol. The molecule has 1 saturated carbocycles. The van der Waals surface area contributed by atoms with Crippen molar-refractivity contribution in [2.75, 3.05) is 44.0 Å². The SMILES string of the molecule is CC(c1ccc([C@H](C)Nc2nccc(N3C(=O)OC[C@]3(C)C3CC3)n2)cc1F)N1CCC(N(C)C)CC1. The number of aromatic nitrogens is 2. The number of cyclic esters (lactones) is 1. The van der Waals surface area contributed by atoms with E-state index < -0.39 is 0 Å². The lowest BCUT2D eigenvalue weighted by atomic mass is 9.96. The maximum absolute atomic E-state index is 15.3. The molecule has 0 bridgehead atoms. The number of rotatable bonds is 8. The van der Waals surface area contributed by atoms with Crippen LogP contribution in [0.5, 0.6) is 0 Å². The summed E-state index contributed by atoms with van der Waals surface area (Å²) in [6.45, 7) is 8.43. The Balaban J connectivity index is 1.26. The minimum absolute atomic E-state index is 0.0291. The van der Waals surface area contributed by atoms with E-state index in [0.717, 1.165) is 49.9 Å². The average Bonchev–Trinajstić information content (AvgIpc) is 3.69. The second-order valence-corrected chi connectivity index (χ2v) is 11.3. The summed E-state index contributed by atoms with van der Waals surface area (Å²) in [7, 11) is 4.26. The van der Waals surface area contributed by atoms with E-state index in [1.165, 1.54) is 0 Å². The van der Waals surface area contributed by atoms with Gasteiger partial charge in [0, 0.05) is 36.9 Å². The normalized spacial score (nSPS) is 24.8. The van der Waals surface area contributed by atoms with Crippen molar-refractivity contribution in [1.82, 2.24) is 19.8 Å². The molecule has 5 rings (SSSR count). The van der Waals surface area contributed by atoms with Gasteiger partial charge in [0.2, 0.25) is 5.95 Å². The Morgan fingerprint density at radius 2 is 1.89 bits per heavy atom. The molecular formula is C28H39FN6O2. The van der Waals surface area contributed by atoms with Crippen LogP contribution in [0.1, 0.15) is 69.7 Å². The van der Waals surface area contributed by atoms with Crippen LogP contribution in [-0.2, 0) is 4.74 Å². The molecule has 3 fully saturated rings. The van der Waals surface area contributed by atoms with Gasteiger partial charge < -0.3 is 15.0 Å². The van der Waals surface area contributed by atoms with E-state index in [1.807, 2.05) is 19.1 Å². The molecule has 1 aromatic carbocycles. The van der Waals surface area contributed by atoms with Gasteiger partial charge in [-0.25, -0.2) is 14.2 Å². The van der Waals surface area contributed by atoms with Crippen molar-refractivity contribution in [2.24, 2.45) is 5.92 Å². The third-order valence-corrected chi connectivity index (χ3v) is 8.61. The highest BCUT2D eigenvalue weighted by molar-refractivity contribution is 5.90. The number of nitrogens with zero attached hydrogens (tertiary/aromatic N) is 5. The summed E-state index contributed by atoms with van der Waals surface area (Å²) in [4.78, 5) is 27.8. The molecule has 3 aliphatic rings. The molecule has 2 aliphatic heterocycles. The molecule has 2 saturated heterocycles. The standard InChI is InChI=1S/C28H39FN6O2/c1-18(20-6-9-23(24(29)16-20)19(2)34-14-11-22(12-15-34)33(4)5)31-26-30-13-10-25(32-26)35-27(36)37-17-28(35,3)21-7-8-21/h6,9-10,13,16,18-19,21-22H,7-8,11-12,14-15,17H2,1-5H3,(H,30,31,32)/t18-,19?,28+/m0/s1. The molecule has 0 radical (unpaired) electrons. The van der Waals surface area contributed by atoms with Crippen LogP contribution in [-0.4, -0.2) is 71.2 Å². The zero-order chi connectivity index (χ0) is 26.3. The van der Waals surface area contributed by atoms with Crippen molar-refractivity contribution in [3.63, 3.8) is 0 Å². The van der Waals surface area contributed by atoms with Crippen molar-refractivity contribution in [2.45, 2.75) is 70.1 Å². The highest BCUT2D eigenvalue weighted by Gasteiger charge is 2.54. The molecular weight excluding hydrogens is 471 g/mol. The minimum Gasteiger partial charge on any atom is -0.447 e. The van der Waals surface area contributed by atoms with Crippen molar-refractivity contribution in [1.29, 1.82) is 0 Å². The van der Waals surface area contributed by atoms with Crippen LogP contribution in [0.2, 0.25) is 0 Å². The lowest BCUT2D eigenvalue weighted by Gasteiger charge is -2.38. The Morgan fingerprint density at radius 3 is 2.54 bits per heavy atom. The number of carbonyl (C=O) groups is 1. The first-order valence-electron chi connectivity index (χ1n) is 13.4. The van der Waals surface area contributed by atoms with Gasteiger partial charge in [-0.3, -0.25) is 9.80 Å². The van der Waals surface area contributed by atoms with E-state index in [4.69, 9.17) is 4.74 Å². The molecule has 1 aliphatic carbocycles. The monoisotopic (exact) mass is 510 g/mol. The van der Waals surface area contributed by atoms with E-state index in [-0.39, 0.29) is 29.5 Å². The highest BCUT2D eigenvalue weighted by Crippen LogP contribution is 2.47. The van der Waals surface area contributed by atoms with E-state index in [2.05, 4.69) is 53.0 Å². The fourth-order valence-corrected chi connectivity index (χ4v) is 5.86. The quantitative estimate of drug-likeness (QED) is 0.536. The van der Waals surface area contributed by atoms with Crippen LogP contribution in [0.3, 0.4) is 0 Å². The number of halogens is 1. The highest BCUT2D eigenvalue weighted by atomic mass is 19.1. The number of nitrogens with one attached hydrogen (secondary N) is 1. The predicted octanol–water partition coefficient (Wildman–Crippen LogP) is 5.00. The van der Waals surface area contributed by atoms with Gasteiger partial charge in [-0.15, -0.1) is 0 Å². The number of anilines is 2. The van der Waals surface area contributed by atoms with Gasteiger partial charge in [-0.2, -0.15) is 4.98 Å². The molecule has 2 aromatic rings. The number of likely N-dealkylation sites (tertiary alicyclic amines) is 1. The lowest BCUT2D eigenvalue weighted by molar-refractivity contribution is 0.113. The third-order valence-electron chi connectivity index (χ3n) is 8.61. The molecule has 3 atom stereocenters. The Morgan fingerprint density at radius 1 is 1.16 bits per heavy atom. The Kier molecular flexibility index (Phi) is 7.11. The zero-order valence-electron chi connectivity index (χ0n) is 22.6. The Bertz CT molecular complexity index is 1130. The van der Waals surface area contributed by atoms with E-state index in [1.54, 1.807) is 23.2 Å². The van der Waals surface area contributed by atoms with Crippen LogP contribution in [0, 0.1) is 11.7 Å². The van der Waals surface area contributed by atoms with Crippen LogP contribution < -0.4 is 10.2 Å². The summed E-state index contributed by atoms with van der Waals surface area (Å²) in [6.07, 6.45) is 5.65. The second-order valence-electron chi connectivity index (χ2n) is 11.3. The zero-order valence-corrected chi connectivity index (χ0v) is 22.6. The molecule has 200 valence electrons. The number of hydrogen-bond donors (Lipinski definition) is 1. The largest absolute Gasteiger partial charge is 0.447 e. The van der Waals surface area contributed by atoms with Crippen molar-refractivity contribution in [3.8, 4) is 0 Å². The summed E-state index contributed by atoms with van der Waals surface area (Å²) in [5.74, 6) is 1.15. The topological polar surface area (TPSA) is 73.8 Å². The first-order chi connectivity index (χ1) is 17.7. The van der Waals surface area contributed by atoms with E-state index in [9.17, 15) is 4.79 Å². The smallest absolute Gasteiger partial charge is 0.416 e.